The number of rotatable bonds is 3. The van der Waals surface area contributed by atoms with Gasteiger partial charge in [-0.3, -0.25) is 9.78 Å². The van der Waals surface area contributed by atoms with Gasteiger partial charge in [0.25, 0.3) is 5.91 Å². The summed E-state index contributed by atoms with van der Waals surface area (Å²) in [6, 6.07) is 5.79. The fraction of sp³-hybridized carbons (Fsp3) is 0.222. The average molecular weight is 401 g/mol. The Balaban J connectivity index is 1.75. The Morgan fingerprint density at radius 3 is 2.36 bits per heavy atom. The molecule has 0 unspecified atom stereocenters. The molecule has 0 saturated heterocycles. The number of halogens is 6. The van der Waals surface area contributed by atoms with Gasteiger partial charge < -0.3 is 10.3 Å². The second kappa shape index (κ2) is 6.84. The number of aryl methyl sites for hydroxylation is 1. The zero-order valence-electron chi connectivity index (χ0n) is 14.3. The molecule has 2 aromatic heterocycles. The van der Waals surface area contributed by atoms with Gasteiger partial charge in [-0.2, -0.15) is 26.3 Å². The number of hydrogen-bond acceptors (Lipinski definition) is 2. The summed E-state index contributed by atoms with van der Waals surface area (Å²) in [6.45, 7) is 1.62. The minimum absolute atomic E-state index is 0.0107. The third-order valence-electron chi connectivity index (χ3n) is 4.06. The molecule has 0 aliphatic heterocycles. The van der Waals surface area contributed by atoms with E-state index < -0.39 is 29.6 Å². The van der Waals surface area contributed by atoms with Crippen LogP contribution in [0.1, 0.15) is 32.9 Å². The summed E-state index contributed by atoms with van der Waals surface area (Å²) in [4.78, 5) is 17.6. The van der Waals surface area contributed by atoms with Crippen molar-refractivity contribution in [3.63, 3.8) is 0 Å². The normalized spacial score (nSPS) is 12.4. The van der Waals surface area contributed by atoms with E-state index in [1.165, 1.54) is 6.07 Å². The molecular formula is C18H13F6N3O. The molecule has 3 rings (SSSR count). The molecule has 28 heavy (non-hydrogen) atoms. The first kappa shape index (κ1) is 19.7. The molecule has 148 valence electrons. The molecule has 0 atom stereocenters. The van der Waals surface area contributed by atoms with Crippen LogP contribution in [0.25, 0.3) is 10.9 Å². The third-order valence-corrected chi connectivity index (χ3v) is 4.06. The van der Waals surface area contributed by atoms with Crippen molar-refractivity contribution < 1.29 is 31.1 Å². The van der Waals surface area contributed by atoms with Crippen LogP contribution in [0, 0.1) is 6.92 Å². The number of nitrogens with one attached hydrogen (secondary N) is 2. The van der Waals surface area contributed by atoms with Crippen molar-refractivity contribution in [1.29, 1.82) is 0 Å². The Morgan fingerprint density at radius 2 is 1.79 bits per heavy atom. The van der Waals surface area contributed by atoms with E-state index in [1.807, 2.05) is 0 Å². The van der Waals surface area contributed by atoms with E-state index in [1.54, 1.807) is 13.0 Å². The maximum Gasteiger partial charge on any atom is 0.433 e. The smallest absolute Gasteiger partial charge is 0.351 e. The molecule has 3 aromatic rings. The van der Waals surface area contributed by atoms with Crippen LogP contribution in [0.15, 0.2) is 36.5 Å². The number of H-pyrrole nitrogens is 1. The zero-order valence-corrected chi connectivity index (χ0v) is 14.3. The van der Waals surface area contributed by atoms with Gasteiger partial charge in [0.05, 0.1) is 5.56 Å². The molecule has 2 heterocycles. The number of nitrogens with zero attached hydrogens (tertiary/aromatic N) is 1. The zero-order chi connectivity index (χ0) is 20.7. The maximum absolute atomic E-state index is 12.8. The van der Waals surface area contributed by atoms with Crippen molar-refractivity contribution in [2.75, 3.05) is 0 Å². The van der Waals surface area contributed by atoms with Crippen LogP contribution in [0.3, 0.4) is 0 Å². The van der Waals surface area contributed by atoms with E-state index in [0.717, 1.165) is 18.3 Å². The Hall–Kier alpha value is -3.04. The van der Waals surface area contributed by atoms with Crippen molar-refractivity contribution in [2.24, 2.45) is 0 Å². The molecule has 1 aromatic carbocycles. The van der Waals surface area contributed by atoms with Gasteiger partial charge >= 0.3 is 12.4 Å². The number of carbonyl (C=O) groups excluding carboxylic acids is 1. The molecule has 0 fully saturated rings. The number of alkyl halides is 6. The Morgan fingerprint density at radius 1 is 1.07 bits per heavy atom. The van der Waals surface area contributed by atoms with E-state index in [9.17, 15) is 31.1 Å². The Bertz CT molecular complexity index is 1020. The van der Waals surface area contributed by atoms with E-state index in [-0.39, 0.29) is 12.1 Å². The molecule has 0 aliphatic rings. The number of hydrogen-bond donors (Lipinski definition) is 2. The predicted octanol–water partition coefficient (Wildman–Crippen LogP) is 4.84. The second-order valence-corrected chi connectivity index (χ2v) is 6.17. The van der Waals surface area contributed by atoms with E-state index in [2.05, 4.69) is 15.3 Å². The largest absolute Gasteiger partial charge is 0.433 e. The fourth-order valence-electron chi connectivity index (χ4n) is 2.74. The highest BCUT2D eigenvalue weighted by Crippen LogP contribution is 2.32. The van der Waals surface area contributed by atoms with Gasteiger partial charge in [0.2, 0.25) is 0 Å². The van der Waals surface area contributed by atoms with Crippen LogP contribution in [-0.2, 0) is 18.9 Å². The lowest BCUT2D eigenvalue weighted by molar-refractivity contribution is -0.141. The first-order valence-electron chi connectivity index (χ1n) is 7.96. The first-order chi connectivity index (χ1) is 12.9. The number of fused-ring (bicyclic) bond motifs is 1. The molecular weight excluding hydrogens is 388 g/mol. The summed E-state index contributed by atoms with van der Waals surface area (Å²) in [7, 11) is 0. The van der Waals surface area contributed by atoms with E-state index in [4.69, 9.17) is 0 Å². The molecule has 4 nitrogen and oxygen atoms in total. The van der Waals surface area contributed by atoms with E-state index in [0.29, 0.717) is 28.1 Å². The van der Waals surface area contributed by atoms with Gasteiger partial charge in [-0.05, 0) is 42.3 Å². The Labute approximate surface area is 154 Å². The van der Waals surface area contributed by atoms with Crippen LogP contribution < -0.4 is 5.32 Å². The summed E-state index contributed by atoms with van der Waals surface area (Å²) >= 11 is 0. The number of aromatic nitrogens is 2. The second-order valence-electron chi connectivity index (χ2n) is 6.17. The number of pyridine rings is 1. The van der Waals surface area contributed by atoms with Crippen LogP contribution in [0.5, 0.6) is 0 Å². The van der Waals surface area contributed by atoms with Crippen molar-refractivity contribution >= 4 is 16.8 Å². The minimum atomic E-state index is -4.60. The van der Waals surface area contributed by atoms with Gasteiger partial charge in [0.1, 0.15) is 11.4 Å². The quantitative estimate of drug-likeness (QED) is 0.617. The van der Waals surface area contributed by atoms with Crippen LogP contribution in [-0.4, -0.2) is 15.9 Å². The fourth-order valence-corrected chi connectivity index (χ4v) is 2.74. The number of benzene rings is 1. The summed E-state index contributed by atoms with van der Waals surface area (Å²) < 4.78 is 76.0. The minimum Gasteiger partial charge on any atom is -0.351 e. The van der Waals surface area contributed by atoms with Gasteiger partial charge in [-0.1, -0.05) is 6.07 Å². The molecule has 0 radical (unpaired) electrons. The molecule has 2 N–H and O–H groups in total. The van der Waals surface area contributed by atoms with E-state index >= 15 is 0 Å². The highest BCUT2D eigenvalue weighted by atomic mass is 19.4. The van der Waals surface area contributed by atoms with Crippen molar-refractivity contribution in [1.82, 2.24) is 15.3 Å². The van der Waals surface area contributed by atoms with Crippen molar-refractivity contribution in [3.8, 4) is 0 Å². The maximum atomic E-state index is 12.8. The summed E-state index contributed by atoms with van der Waals surface area (Å²) in [5, 5.41) is 2.85. The molecule has 0 saturated carbocycles. The molecule has 1 amide bonds. The van der Waals surface area contributed by atoms with Crippen LogP contribution >= 0.6 is 0 Å². The van der Waals surface area contributed by atoms with Crippen molar-refractivity contribution in [3.05, 3.63) is 64.6 Å². The number of carbonyl (C=O) groups is 1. The molecule has 10 heteroatoms. The average Bonchev–Trinajstić information content (AvgIpc) is 3.04. The number of aromatic amines is 1. The van der Waals surface area contributed by atoms with Gasteiger partial charge in [-0.15, -0.1) is 0 Å². The topological polar surface area (TPSA) is 57.8 Å². The third kappa shape index (κ3) is 4.10. The van der Waals surface area contributed by atoms with Gasteiger partial charge in [0, 0.05) is 23.6 Å². The SMILES string of the molecule is Cc1cc(CNC(=O)c2ccc(C(F)(F)F)nc2)cc2cc(C(F)(F)F)[nH]c12. The lowest BCUT2D eigenvalue weighted by atomic mass is 10.1. The lowest BCUT2D eigenvalue weighted by Crippen LogP contribution is -2.23. The van der Waals surface area contributed by atoms with Crippen LogP contribution in [0.2, 0.25) is 0 Å². The predicted molar refractivity (Wildman–Crippen MR) is 88.4 cm³/mol. The first-order valence-corrected chi connectivity index (χ1v) is 7.96. The molecule has 0 aliphatic carbocycles. The summed E-state index contributed by atoms with van der Waals surface area (Å²) in [5.41, 5.74) is -0.596. The molecule has 0 spiro atoms. The monoisotopic (exact) mass is 401 g/mol. The highest BCUT2D eigenvalue weighted by molar-refractivity contribution is 5.94. The highest BCUT2D eigenvalue weighted by Gasteiger charge is 2.33. The van der Waals surface area contributed by atoms with Crippen LogP contribution in [0.4, 0.5) is 26.3 Å². The van der Waals surface area contributed by atoms with Gasteiger partial charge in [-0.25, -0.2) is 0 Å². The standard InChI is InChI=1S/C18H13F6N3O/c1-9-4-10(5-12-6-14(18(22,23)24)27-15(9)12)7-26-16(28)11-2-3-13(25-8-11)17(19,20)21/h2-6,8,27H,7H2,1H3,(H,26,28). The summed E-state index contributed by atoms with van der Waals surface area (Å²) in [6.07, 6.45) is -8.29. The lowest BCUT2D eigenvalue weighted by Gasteiger charge is -2.08. The Kier molecular flexibility index (Phi) is 4.82. The molecule has 0 bridgehead atoms. The van der Waals surface area contributed by atoms with Crippen molar-refractivity contribution in [2.45, 2.75) is 25.8 Å². The summed E-state index contributed by atoms with van der Waals surface area (Å²) in [5.74, 6) is -0.649. The number of amides is 1. The van der Waals surface area contributed by atoms with Gasteiger partial charge in [0.15, 0.2) is 0 Å².